The van der Waals surface area contributed by atoms with Crippen LogP contribution in [0.25, 0.3) is 10.6 Å². The number of nitro benzene ring substituents is 1. The summed E-state index contributed by atoms with van der Waals surface area (Å²) < 4.78 is 0. The predicted molar refractivity (Wildman–Crippen MR) is 78.8 cm³/mol. The zero-order valence-electron chi connectivity index (χ0n) is 11.1. The highest BCUT2D eigenvalue weighted by Gasteiger charge is 2.23. The Hall–Kier alpha value is -1.79. The van der Waals surface area contributed by atoms with Crippen LogP contribution in [0.3, 0.4) is 0 Å². The van der Waals surface area contributed by atoms with Gasteiger partial charge in [-0.15, -0.1) is 11.3 Å². The summed E-state index contributed by atoms with van der Waals surface area (Å²) in [6, 6.07) is 4.90. The highest BCUT2D eigenvalue weighted by molar-refractivity contribution is 7.15. The van der Waals surface area contributed by atoms with E-state index in [0.29, 0.717) is 0 Å². The predicted octanol–water partition coefficient (Wildman–Crippen LogP) is 3.36. The van der Waals surface area contributed by atoms with Gasteiger partial charge in [0.25, 0.3) is 5.69 Å². The number of hydrogen-bond donors (Lipinski definition) is 1. The molecule has 1 atom stereocenters. The average molecular weight is 289 g/mol. The van der Waals surface area contributed by atoms with Gasteiger partial charge in [0, 0.05) is 28.6 Å². The first-order chi connectivity index (χ1) is 9.56. The number of nitrogens with zero attached hydrogens (tertiary/aromatic N) is 2. The Morgan fingerprint density at radius 3 is 3.00 bits per heavy atom. The zero-order valence-corrected chi connectivity index (χ0v) is 11.9. The van der Waals surface area contributed by atoms with Crippen molar-refractivity contribution >= 4 is 17.0 Å². The summed E-state index contributed by atoms with van der Waals surface area (Å²) in [6.07, 6.45) is 3.06. The first-order valence-electron chi connectivity index (χ1n) is 6.57. The van der Waals surface area contributed by atoms with Crippen LogP contribution in [0.1, 0.15) is 35.0 Å². The van der Waals surface area contributed by atoms with Gasteiger partial charge in [0.05, 0.1) is 10.6 Å². The van der Waals surface area contributed by atoms with E-state index in [9.17, 15) is 10.1 Å². The quantitative estimate of drug-likeness (QED) is 0.678. The van der Waals surface area contributed by atoms with Gasteiger partial charge in [-0.1, -0.05) is 6.07 Å². The van der Waals surface area contributed by atoms with Crippen molar-refractivity contribution in [3.63, 3.8) is 0 Å². The maximum absolute atomic E-state index is 10.9. The lowest BCUT2D eigenvalue weighted by Gasteiger charge is -2.15. The lowest BCUT2D eigenvalue weighted by Crippen LogP contribution is -2.16. The van der Waals surface area contributed by atoms with E-state index >= 15 is 0 Å². The maximum atomic E-state index is 10.9. The molecule has 104 valence electrons. The molecule has 1 unspecified atom stereocenters. The summed E-state index contributed by atoms with van der Waals surface area (Å²) in [7, 11) is 0. The number of fused-ring (bicyclic) bond motifs is 1. The van der Waals surface area contributed by atoms with Gasteiger partial charge >= 0.3 is 0 Å². The van der Waals surface area contributed by atoms with E-state index in [2.05, 4.69) is 4.98 Å². The number of benzene rings is 1. The largest absolute Gasteiger partial charge is 0.323 e. The SMILES string of the molecule is Cc1ccc([N+](=O)[O-])cc1-c1nc2c(s1)CCCC2N. The molecule has 5 nitrogen and oxygen atoms in total. The molecule has 0 aliphatic heterocycles. The fraction of sp³-hybridized carbons (Fsp3) is 0.357. The van der Waals surface area contributed by atoms with Crippen molar-refractivity contribution < 1.29 is 4.92 Å². The normalized spacial score (nSPS) is 17.8. The van der Waals surface area contributed by atoms with Crippen molar-refractivity contribution in [2.24, 2.45) is 5.73 Å². The third-order valence-electron chi connectivity index (χ3n) is 3.66. The summed E-state index contributed by atoms with van der Waals surface area (Å²) >= 11 is 1.61. The van der Waals surface area contributed by atoms with Gasteiger partial charge in [0.15, 0.2) is 0 Å². The van der Waals surface area contributed by atoms with E-state index in [4.69, 9.17) is 5.73 Å². The third-order valence-corrected chi connectivity index (χ3v) is 4.82. The molecule has 0 bridgehead atoms. The minimum atomic E-state index is -0.373. The first kappa shape index (κ1) is 13.2. The Labute approximate surface area is 120 Å². The molecule has 0 spiro atoms. The number of rotatable bonds is 2. The van der Waals surface area contributed by atoms with Crippen LogP contribution in [0, 0.1) is 17.0 Å². The molecule has 1 aromatic heterocycles. The summed E-state index contributed by atoms with van der Waals surface area (Å²) in [5, 5.41) is 11.8. The van der Waals surface area contributed by atoms with E-state index in [1.54, 1.807) is 23.5 Å². The van der Waals surface area contributed by atoms with Gasteiger partial charge in [-0.25, -0.2) is 4.98 Å². The van der Waals surface area contributed by atoms with E-state index < -0.39 is 0 Å². The lowest BCUT2D eigenvalue weighted by molar-refractivity contribution is -0.384. The van der Waals surface area contributed by atoms with Crippen LogP contribution < -0.4 is 5.73 Å². The van der Waals surface area contributed by atoms with E-state index in [1.165, 1.54) is 10.9 Å². The number of thiazole rings is 1. The highest BCUT2D eigenvalue weighted by Crippen LogP contribution is 2.38. The summed E-state index contributed by atoms with van der Waals surface area (Å²) in [5.74, 6) is 0. The Bertz CT molecular complexity index is 681. The maximum Gasteiger partial charge on any atom is 0.270 e. The molecule has 0 fully saturated rings. The van der Waals surface area contributed by atoms with Crippen LogP contribution in [0.2, 0.25) is 0 Å². The van der Waals surface area contributed by atoms with E-state index in [1.807, 2.05) is 6.92 Å². The topological polar surface area (TPSA) is 82.0 Å². The minimum Gasteiger partial charge on any atom is -0.323 e. The zero-order chi connectivity index (χ0) is 14.3. The second kappa shape index (κ2) is 4.96. The van der Waals surface area contributed by atoms with E-state index in [0.717, 1.165) is 41.1 Å². The van der Waals surface area contributed by atoms with Crippen LogP contribution in [0.5, 0.6) is 0 Å². The van der Waals surface area contributed by atoms with Crippen LogP contribution >= 0.6 is 11.3 Å². The molecule has 3 rings (SSSR count). The molecule has 2 aromatic rings. The Kier molecular flexibility index (Phi) is 3.27. The number of nitro groups is 1. The standard InChI is InChI=1S/C14H15N3O2S/c1-8-5-6-9(17(18)19)7-10(8)14-16-13-11(15)3-2-4-12(13)20-14/h5-7,11H,2-4,15H2,1H3. The molecule has 1 heterocycles. The number of aryl methyl sites for hydroxylation is 2. The molecule has 0 saturated heterocycles. The molecule has 1 aromatic carbocycles. The van der Waals surface area contributed by atoms with Crippen molar-refractivity contribution in [3.05, 3.63) is 44.4 Å². The van der Waals surface area contributed by atoms with E-state index in [-0.39, 0.29) is 16.7 Å². The van der Waals surface area contributed by atoms with Crippen molar-refractivity contribution in [3.8, 4) is 10.6 Å². The Morgan fingerprint density at radius 1 is 1.50 bits per heavy atom. The monoisotopic (exact) mass is 289 g/mol. The van der Waals surface area contributed by atoms with Crippen LogP contribution in [0.4, 0.5) is 5.69 Å². The number of hydrogen-bond acceptors (Lipinski definition) is 5. The van der Waals surface area contributed by atoms with Crippen molar-refractivity contribution in [1.82, 2.24) is 4.98 Å². The molecule has 2 N–H and O–H groups in total. The van der Waals surface area contributed by atoms with Crippen LogP contribution in [-0.4, -0.2) is 9.91 Å². The third kappa shape index (κ3) is 2.21. The molecule has 0 radical (unpaired) electrons. The number of non-ortho nitro benzene ring substituents is 1. The van der Waals surface area contributed by atoms with Gasteiger partial charge in [-0.2, -0.15) is 0 Å². The number of nitrogens with two attached hydrogens (primary N) is 1. The van der Waals surface area contributed by atoms with Gasteiger partial charge in [-0.05, 0) is 31.7 Å². The molecule has 0 amide bonds. The molecular weight excluding hydrogens is 274 g/mol. The molecule has 1 aliphatic rings. The molecule has 6 heteroatoms. The summed E-state index contributed by atoms with van der Waals surface area (Å²) in [5.41, 5.74) is 9.00. The van der Waals surface area contributed by atoms with Gasteiger partial charge in [-0.3, -0.25) is 10.1 Å². The lowest BCUT2D eigenvalue weighted by atomic mass is 9.98. The molecule has 0 saturated carbocycles. The minimum absolute atomic E-state index is 0.00255. The van der Waals surface area contributed by atoms with Gasteiger partial charge in [0.1, 0.15) is 5.01 Å². The highest BCUT2D eigenvalue weighted by atomic mass is 32.1. The average Bonchev–Trinajstić information content (AvgIpc) is 2.84. The van der Waals surface area contributed by atoms with Gasteiger partial charge in [0.2, 0.25) is 0 Å². The fourth-order valence-electron chi connectivity index (χ4n) is 2.52. The summed E-state index contributed by atoms with van der Waals surface area (Å²) in [4.78, 5) is 16.4. The second-order valence-corrected chi connectivity index (χ2v) is 6.17. The van der Waals surface area contributed by atoms with Crippen LogP contribution in [0.15, 0.2) is 18.2 Å². The summed E-state index contributed by atoms with van der Waals surface area (Å²) in [6.45, 7) is 1.94. The molecule has 1 aliphatic carbocycles. The van der Waals surface area contributed by atoms with Crippen molar-refractivity contribution in [1.29, 1.82) is 0 Å². The van der Waals surface area contributed by atoms with Crippen molar-refractivity contribution in [2.45, 2.75) is 32.2 Å². The smallest absolute Gasteiger partial charge is 0.270 e. The Balaban J connectivity index is 2.09. The van der Waals surface area contributed by atoms with Crippen molar-refractivity contribution in [2.75, 3.05) is 0 Å². The first-order valence-corrected chi connectivity index (χ1v) is 7.38. The molecular formula is C14H15N3O2S. The fourth-order valence-corrected chi connectivity index (χ4v) is 3.78. The van der Waals surface area contributed by atoms with Gasteiger partial charge < -0.3 is 5.73 Å². The number of aromatic nitrogens is 1. The molecule has 20 heavy (non-hydrogen) atoms. The second-order valence-electron chi connectivity index (χ2n) is 5.08. The van der Waals surface area contributed by atoms with Crippen LogP contribution in [-0.2, 0) is 6.42 Å². The Morgan fingerprint density at radius 2 is 2.30 bits per heavy atom.